The molecule has 1 aromatic rings. The third kappa shape index (κ3) is 7.01. The molecule has 140 valence electrons. The molecule has 0 spiro atoms. The Morgan fingerprint density at radius 1 is 1.08 bits per heavy atom. The van der Waals surface area contributed by atoms with Crippen LogP contribution in [0.15, 0.2) is 18.2 Å². The molecule has 0 aliphatic rings. The van der Waals surface area contributed by atoms with Crippen molar-refractivity contribution in [3.63, 3.8) is 0 Å². The van der Waals surface area contributed by atoms with E-state index in [0.717, 1.165) is 12.0 Å². The molecule has 0 unspecified atom stereocenters. The van der Waals surface area contributed by atoms with Crippen LogP contribution in [0.25, 0.3) is 0 Å². The summed E-state index contributed by atoms with van der Waals surface area (Å²) in [5.74, 6) is 1.14. The molecule has 7 nitrogen and oxygen atoms in total. The normalized spacial score (nSPS) is 10.5. The maximum atomic E-state index is 12.2. The topological polar surface area (TPSA) is 71.1 Å². The minimum Gasteiger partial charge on any atom is -0.493 e. The van der Waals surface area contributed by atoms with Gasteiger partial charge in [-0.3, -0.25) is 14.5 Å². The molecule has 0 fully saturated rings. The number of ether oxygens (including phenoxy) is 2. The van der Waals surface area contributed by atoms with Gasteiger partial charge in [-0.2, -0.15) is 0 Å². The SMILES string of the molecule is CCCN(CC(=O)NCc1ccc(OC)c(OC)c1)CC(=O)N(C)C. The number of amides is 2. The molecule has 1 rings (SSSR count). The highest BCUT2D eigenvalue weighted by atomic mass is 16.5. The predicted octanol–water partition coefficient (Wildman–Crippen LogP) is 1.12. The van der Waals surface area contributed by atoms with Gasteiger partial charge in [-0.05, 0) is 30.7 Å². The van der Waals surface area contributed by atoms with E-state index < -0.39 is 0 Å². The van der Waals surface area contributed by atoms with Gasteiger partial charge < -0.3 is 19.7 Å². The minimum atomic E-state index is -0.116. The Morgan fingerprint density at radius 3 is 2.32 bits per heavy atom. The summed E-state index contributed by atoms with van der Waals surface area (Å²) < 4.78 is 10.5. The van der Waals surface area contributed by atoms with E-state index in [4.69, 9.17) is 9.47 Å². The van der Waals surface area contributed by atoms with Gasteiger partial charge in [0.15, 0.2) is 11.5 Å². The van der Waals surface area contributed by atoms with Crippen molar-refractivity contribution in [2.24, 2.45) is 0 Å². The van der Waals surface area contributed by atoms with E-state index >= 15 is 0 Å². The first-order valence-corrected chi connectivity index (χ1v) is 8.31. The lowest BCUT2D eigenvalue weighted by Gasteiger charge is -2.22. The lowest BCUT2D eigenvalue weighted by atomic mass is 10.2. The fraction of sp³-hybridized carbons (Fsp3) is 0.556. The number of likely N-dealkylation sites (N-methyl/N-ethyl adjacent to an activating group) is 1. The van der Waals surface area contributed by atoms with Gasteiger partial charge in [0.1, 0.15) is 0 Å². The highest BCUT2D eigenvalue weighted by molar-refractivity contribution is 5.81. The number of hydrogen-bond acceptors (Lipinski definition) is 5. The van der Waals surface area contributed by atoms with E-state index in [2.05, 4.69) is 5.32 Å². The zero-order valence-electron chi connectivity index (χ0n) is 15.8. The van der Waals surface area contributed by atoms with Gasteiger partial charge in [0.2, 0.25) is 11.8 Å². The van der Waals surface area contributed by atoms with Crippen molar-refractivity contribution in [2.45, 2.75) is 19.9 Å². The molecule has 2 amide bonds. The summed E-state index contributed by atoms with van der Waals surface area (Å²) in [6.07, 6.45) is 0.879. The lowest BCUT2D eigenvalue weighted by Crippen LogP contribution is -2.42. The number of nitrogens with zero attached hydrogens (tertiary/aromatic N) is 2. The molecular weight excluding hydrogens is 322 g/mol. The summed E-state index contributed by atoms with van der Waals surface area (Å²) in [5, 5.41) is 2.88. The van der Waals surface area contributed by atoms with Gasteiger partial charge in [0.25, 0.3) is 0 Å². The Bertz CT molecular complexity index is 575. The number of carbonyl (C=O) groups is 2. The second-order valence-electron chi connectivity index (χ2n) is 5.96. The minimum absolute atomic E-state index is 0.0128. The fourth-order valence-corrected chi connectivity index (χ4v) is 2.31. The van der Waals surface area contributed by atoms with Crippen molar-refractivity contribution >= 4 is 11.8 Å². The van der Waals surface area contributed by atoms with Crippen molar-refractivity contribution in [3.05, 3.63) is 23.8 Å². The Kier molecular flexibility index (Phi) is 8.77. The molecule has 0 radical (unpaired) electrons. The van der Waals surface area contributed by atoms with Crippen LogP contribution >= 0.6 is 0 Å². The maximum absolute atomic E-state index is 12.2. The van der Waals surface area contributed by atoms with Crippen molar-refractivity contribution in [3.8, 4) is 11.5 Å². The molecule has 0 heterocycles. The molecule has 25 heavy (non-hydrogen) atoms. The molecule has 0 saturated heterocycles. The summed E-state index contributed by atoms with van der Waals surface area (Å²) in [5.41, 5.74) is 0.914. The van der Waals surface area contributed by atoms with Crippen LogP contribution in [0.3, 0.4) is 0 Å². The average molecular weight is 351 g/mol. The van der Waals surface area contributed by atoms with Gasteiger partial charge in [-0.1, -0.05) is 13.0 Å². The van der Waals surface area contributed by atoms with E-state index in [9.17, 15) is 9.59 Å². The lowest BCUT2D eigenvalue weighted by molar-refractivity contribution is -0.130. The van der Waals surface area contributed by atoms with Gasteiger partial charge >= 0.3 is 0 Å². The highest BCUT2D eigenvalue weighted by Gasteiger charge is 2.15. The largest absolute Gasteiger partial charge is 0.493 e. The number of rotatable bonds is 10. The molecule has 0 aliphatic carbocycles. The number of carbonyl (C=O) groups excluding carboxylic acids is 2. The summed E-state index contributed by atoms with van der Waals surface area (Å²) in [6, 6.07) is 5.51. The summed E-state index contributed by atoms with van der Waals surface area (Å²) >= 11 is 0. The first-order chi connectivity index (χ1) is 11.9. The van der Waals surface area contributed by atoms with Crippen LogP contribution in [0.4, 0.5) is 0 Å². The van der Waals surface area contributed by atoms with Crippen molar-refractivity contribution in [1.82, 2.24) is 15.1 Å². The second-order valence-corrected chi connectivity index (χ2v) is 5.96. The average Bonchev–Trinajstić information content (AvgIpc) is 2.59. The number of benzene rings is 1. The monoisotopic (exact) mass is 351 g/mol. The van der Waals surface area contributed by atoms with E-state index in [1.54, 1.807) is 34.4 Å². The third-order valence-corrected chi connectivity index (χ3v) is 3.70. The molecule has 0 aromatic heterocycles. The van der Waals surface area contributed by atoms with Crippen LogP contribution in [-0.4, -0.2) is 69.6 Å². The van der Waals surface area contributed by atoms with Crippen molar-refractivity contribution in [1.29, 1.82) is 0 Å². The molecule has 0 bridgehead atoms. The number of hydrogen-bond donors (Lipinski definition) is 1. The first kappa shape index (κ1) is 20.8. The molecule has 0 aliphatic heterocycles. The van der Waals surface area contributed by atoms with Gasteiger partial charge in [0.05, 0.1) is 27.3 Å². The second kappa shape index (κ2) is 10.6. The third-order valence-electron chi connectivity index (χ3n) is 3.70. The highest BCUT2D eigenvalue weighted by Crippen LogP contribution is 2.27. The van der Waals surface area contributed by atoms with Gasteiger partial charge in [-0.15, -0.1) is 0 Å². The predicted molar refractivity (Wildman–Crippen MR) is 96.8 cm³/mol. The standard InChI is InChI=1S/C18H29N3O4/c1-6-9-21(13-18(23)20(2)3)12-17(22)19-11-14-7-8-15(24-4)16(10-14)25-5/h7-8,10H,6,9,11-13H2,1-5H3,(H,19,22). The number of methoxy groups -OCH3 is 2. The fourth-order valence-electron chi connectivity index (χ4n) is 2.31. The zero-order valence-corrected chi connectivity index (χ0v) is 15.8. The molecule has 7 heteroatoms. The summed E-state index contributed by atoms with van der Waals surface area (Å²) in [6.45, 7) is 3.55. The smallest absolute Gasteiger partial charge is 0.236 e. The van der Waals surface area contributed by atoms with Crippen LogP contribution in [0.5, 0.6) is 11.5 Å². The molecule has 1 N–H and O–H groups in total. The number of nitrogens with one attached hydrogen (secondary N) is 1. The van der Waals surface area contributed by atoms with Crippen molar-refractivity contribution in [2.75, 3.05) is 47.9 Å². The quantitative estimate of drug-likeness (QED) is 0.684. The van der Waals surface area contributed by atoms with Crippen LogP contribution in [0.2, 0.25) is 0 Å². The van der Waals surface area contributed by atoms with Gasteiger partial charge in [-0.25, -0.2) is 0 Å². The Morgan fingerprint density at radius 2 is 1.76 bits per heavy atom. The van der Waals surface area contributed by atoms with Crippen molar-refractivity contribution < 1.29 is 19.1 Å². The zero-order chi connectivity index (χ0) is 18.8. The Labute approximate surface area is 149 Å². The maximum Gasteiger partial charge on any atom is 0.236 e. The molecule has 0 saturated carbocycles. The Hall–Kier alpha value is -2.28. The van der Waals surface area contributed by atoms with E-state index in [1.165, 1.54) is 4.90 Å². The Balaban J connectivity index is 2.58. The van der Waals surface area contributed by atoms with Gasteiger partial charge in [0, 0.05) is 20.6 Å². The van der Waals surface area contributed by atoms with E-state index in [-0.39, 0.29) is 24.9 Å². The van der Waals surface area contributed by atoms with Crippen LogP contribution in [0.1, 0.15) is 18.9 Å². The molecular formula is C18H29N3O4. The molecule has 0 atom stereocenters. The van der Waals surface area contributed by atoms with E-state index in [0.29, 0.717) is 24.6 Å². The first-order valence-electron chi connectivity index (χ1n) is 8.31. The van der Waals surface area contributed by atoms with Crippen LogP contribution in [-0.2, 0) is 16.1 Å². The summed E-state index contributed by atoms with van der Waals surface area (Å²) in [4.78, 5) is 27.4. The van der Waals surface area contributed by atoms with Crippen LogP contribution < -0.4 is 14.8 Å². The van der Waals surface area contributed by atoms with Crippen LogP contribution in [0, 0.1) is 0 Å². The summed E-state index contributed by atoms with van der Waals surface area (Å²) in [7, 11) is 6.58. The molecule has 1 aromatic carbocycles. The van der Waals surface area contributed by atoms with E-state index in [1.807, 2.05) is 24.0 Å².